The molecule has 1 amide bonds. The lowest BCUT2D eigenvalue weighted by Gasteiger charge is -2.05. The Bertz CT molecular complexity index is 866. The van der Waals surface area contributed by atoms with Gasteiger partial charge >= 0.3 is 0 Å². The lowest BCUT2D eigenvalue weighted by atomic mass is 10.1. The van der Waals surface area contributed by atoms with Crippen molar-refractivity contribution in [1.29, 1.82) is 0 Å². The van der Waals surface area contributed by atoms with Crippen LogP contribution in [0.1, 0.15) is 27.6 Å². The highest BCUT2D eigenvalue weighted by Crippen LogP contribution is 2.23. The zero-order valence-electron chi connectivity index (χ0n) is 11.8. The van der Waals surface area contributed by atoms with E-state index in [-0.39, 0.29) is 11.7 Å². The third-order valence-electron chi connectivity index (χ3n) is 3.44. The highest BCUT2D eigenvalue weighted by molar-refractivity contribution is 6.31. The molecule has 0 radical (unpaired) electrons. The minimum absolute atomic E-state index is 0.0100. The molecule has 0 atom stereocenters. The van der Waals surface area contributed by atoms with Crippen LogP contribution < -0.4 is 5.32 Å². The number of Topliss-reactive ketones (excluding diaryl/α,β-unsaturated/α-hetero) is 1. The minimum Gasteiger partial charge on any atom is -0.360 e. The number of fused-ring (bicyclic) bond motifs is 1. The van der Waals surface area contributed by atoms with Crippen molar-refractivity contribution in [3.05, 3.63) is 64.8 Å². The maximum absolute atomic E-state index is 12.4. The van der Waals surface area contributed by atoms with Crippen LogP contribution in [0.15, 0.2) is 48.7 Å². The highest BCUT2D eigenvalue weighted by Gasteiger charge is 2.12. The quantitative estimate of drug-likeness (QED) is 0.709. The van der Waals surface area contributed by atoms with Gasteiger partial charge in [0.2, 0.25) is 0 Å². The molecular weight excluding hydrogens is 300 g/mol. The normalized spacial score (nSPS) is 10.6. The standard InChI is InChI=1S/C17H13ClN2O2/c1-10(21)11-2-5-13(6-3-11)20-17(22)15-9-19-16-7-4-12(18)8-14(15)16/h2-9,19H,1H3,(H,20,22). The van der Waals surface area contributed by atoms with E-state index in [2.05, 4.69) is 10.3 Å². The second-order valence-corrected chi connectivity index (χ2v) is 5.42. The van der Waals surface area contributed by atoms with E-state index < -0.39 is 0 Å². The van der Waals surface area contributed by atoms with Gasteiger partial charge in [-0.05, 0) is 49.4 Å². The van der Waals surface area contributed by atoms with Crippen molar-refractivity contribution >= 4 is 39.9 Å². The maximum atomic E-state index is 12.4. The van der Waals surface area contributed by atoms with E-state index in [0.717, 1.165) is 10.9 Å². The molecule has 1 heterocycles. The number of carbonyl (C=O) groups excluding carboxylic acids is 2. The third-order valence-corrected chi connectivity index (χ3v) is 3.67. The van der Waals surface area contributed by atoms with Gasteiger partial charge in [-0.3, -0.25) is 9.59 Å². The molecule has 22 heavy (non-hydrogen) atoms. The summed E-state index contributed by atoms with van der Waals surface area (Å²) in [6.07, 6.45) is 1.65. The average Bonchev–Trinajstić information content (AvgIpc) is 2.90. The number of rotatable bonds is 3. The number of carbonyl (C=O) groups is 2. The van der Waals surface area contributed by atoms with E-state index >= 15 is 0 Å². The van der Waals surface area contributed by atoms with Gasteiger partial charge in [0.1, 0.15) is 0 Å². The zero-order chi connectivity index (χ0) is 15.7. The molecule has 0 saturated carbocycles. The van der Waals surface area contributed by atoms with Crippen LogP contribution in [0, 0.1) is 0 Å². The molecule has 0 aliphatic rings. The molecular formula is C17H13ClN2O2. The molecule has 0 fully saturated rings. The number of anilines is 1. The first kappa shape index (κ1) is 14.4. The van der Waals surface area contributed by atoms with Crippen molar-refractivity contribution in [3.8, 4) is 0 Å². The van der Waals surface area contributed by atoms with Crippen molar-refractivity contribution in [2.75, 3.05) is 5.32 Å². The molecule has 0 unspecified atom stereocenters. The largest absolute Gasteiger partial charge is 0.360 e. The van der Waals surface area contributed by atoms with Crippen molar-refractivity contribution in [3.63, 3.8) is 0 Å². The highest BCUT2D eigenvalue weighted by atomic mass is 35.5. The van der Waals surface area contributed by atoms with Crippen LogP contribution in [0.3, 0.4) is 0 Å². The van der Waals surface area contributed by atoms with Crippen LogP contribution >= 0.6 is 11.6 Å². The van der Waals surface area contributed by atoms with Gasteiger partial charge in [-0.2, -0.15) is 0 Å². The fourth-order valence-corrected chi connectivity index (χ4v) is 2.44. The first-order chi connectivity index (χ1) is 10.5. The lowest BCUT2D eigenvalue weighted by molar-refractivity contribution is 0.101. The van der Waals surface area contributed by atoms with Crippen LogP contribution in [0.4, 0.5) is 5.69 Å². The molecule has 5 heteroatoms. The monoisotopic (exact) mass is 312 g/mol. The van der Waals surface area contributed by atoms with Crippen LogP contribution in [0.2, 0.25) is 5.02 Å². The van der Waals surface area contributed by atoms with E-state index in [0.29, 0.717) is 21.8 Å². The van der Waals surface area contributed by atoms with Gasteiger partial charge in [0.05, 0.1) is 5.56 Å². The third kappa shape index (κ3) is 2.73. The first-order valence-electron chi connectivity index (χ1n) is 6.73. The summed E-state index contributed by atoms with van der Waals surface area (Å²) in [5.74, 6) is -0.242. The Kier molecular flexibility index (Phi) is 3.69. The van der Waals surface area contributed by atoms with Gasteiger partial charge in [-0.15, -0.1) is 0 Å². The van der Waals surface area contributed by atoms with Gasteiger partial charge in [-0.25, -0.2) is 0 Å². The van der Waals surface area contributed by atoms with E-state index in [1.54, 1.807) is 42.6 Å². The number of amides is 1. The fourth-order valence-electron chi connectivity index (χ4n) is 2.27. The van der Waals surface area contributed by atoms with Gasteiger partial charge in [-0.1, -0.05) is 11.6 Å². The smallest absolute Gasteiger partial charge is 0.257 e. The predicted molar refractivity (Wildman–Crippen MR) is 87.7 cm³/mol. The Morgan fingerprint density at radius 2 is 1.82 bits per heavy atom. The number of aromatic amines is 1. The number of hydrogen-bond acceptors (Lipinski definition) is 2. The van der Waals surface area contributed by atoms with Crippen molar-refractivity contribution in [1.82, 2.24) is 4.98 Å². The van der Waals surface area contributed by atoms with E-state index in [1.807, 2.05) is 6.07 Å². The first-order valence-corrected chi connectivity index (χ1v) is 7.11. The van der Waals surface area contributed by atoms with Gasteiger partial charge in [0.25, 0.3) is 5.91 Å². The van der Waals surface area contributed by atoms with E-state index in [9.17, 15) is 9.59 Å². The molecule has 3 aromatic rings. The molecule has 0 aliphatic heterocycles. The Morgan fingerprint density at radius 3 is 2.50 bits per heavy atom. The van der Waals surface area contributed by atoms with Crippen LogP contribution in [-0.4, -0.2) is 16.7 Å². The SMILES string of the molecule is CC(=O)c1ccc(NC(=O)c2c[nH]c3ccc(Cl)cc23)cc1. The van der Waals surface area contributed by atoms with Gasteiger partial charge in [0, 0.05) is 33.4 Å². The summed E-state index contributed by atoms with van der Waals surface area (Å²) in [5.41, 5.74) is 2.61. The summed E-state index contributed by atoms with van der Waals surface area (Å²) >= 11 is 5.98. The molecule has 110 valence electrons. The molecule has 2 N–H and O–H groups in total. The molecule has 1 aromatic heterocycles. The predicted octanol–water partition coefficient (Wildman–Crippen LogP) is 4.28. The minimum atomic E-state index is -0.232. The van der Waals surface area contributed by atoms with Crippen LogP contribution in [-0.2, 0) is 0 Å². The van der Waals surface area contributed by atoms with Crippen molar-refractivity contribution in [2.45, 2.75) is 6.92 Å². The number of ketones is 1. The second kappa shape index (κ2) is 5.66. The molecule has 2 aromatic carbocycles. The number of H-pyrrole nitrogens is 1. The zero-order valence-corrected chi connectivity index (χ0v) is 12.6. The molecule has 0 saturated heterocycles. The van der Waals surface area contributed by atoms with Crippen LogP contribution in [0.25, 0.3) is 10.9 Å². The number of nitrogens with one attached hydrogen (secondary N) is 2. The van der Waals surface area contributed by atoms with E-state index in [4.69, 9.17) is 11.6 Å². The summed E-state index contributed by atoms with van der Waals surface area (Å²) in [7, 11) is 0. The van der Waals surface area contributed by atoms with E-state index in [1.165, 1.54) is 6.92 Å². The van der Waals surface area contributed by atoms with Gasteiger partial charge in [0.15, 0.2) is 5.78 Å². The fraction of sp³-hybridized carbons (Fsp3) is 0.0588. The Morgan fingerprint density at radius 1 is 1.09 bits per heavy atom. The Balaban J connectivity index is 1.87. The average molecular weight is 313 g/mol. The summed E-state index contributed by atoms with van der Waals surface area (Å²) in [4.78, 5) is 26.7. The molecule has 0 spiro atoms. The summed E-state index contributed by atoms with van der Waals surface area (Å²) in [6, 6.07) is 12.1. The number of benzene rings is 2. The number of aromatic nitrogens is 1. The summed E-state index contributed by atoms with van der Waals surface area (Å²) < 4.78 is 0. The molecule has 0 bridgehead atoms. The lowest BCUT2D eigenvalue weighted by Crippen LogP contribution is -2.11. The maximum Gasteiger partial charge on any atom is 0.257 e. The molecule has 0 aliphatic carbocycles. The second-order valence-electron chi connectivity index (χ2n) is 4.98. The summed E-state index contributed by atoms with van der Waals surface area (Å²) in [6.45, 7) is 1.50. The molecule has 4 nitrogen and oxygen atoms in total. The van der Waals surface area contributed by atoms with Crippen molar-refractivity contribution in [2.24, 2.45) is 0 Å². The Labute approximate surface area is 132 Å². The van der Waals surface area contributed by atoms with Crippen LogP contribution in [0.5, 0.6) is 0 Å². The van der Waals surface area contributed by atoms with Crippen molar-refractivity contribution < 1.29 is 9.59 Å². The number of halogens is 1. The topological polar surface area (TPSA) is 62.0 Å². The summed E-state index contributed by atoms with van der Waals surface area (Å²) in [5, 5.41) is 4.15. The van der Waals surface area contributed by atoms with Gasteiger partial charge < -0.3 is 10.3 Å². The number of hydrogen-bond donors (Lipinski definition) is 2. The Hall–Kier alpha value is -2.59. The molecule has 3 rings (SSSR count).